The second-order valence-corrected chi connectivity index (χ2v) is 12.2. The largest absolute Gasteiger partial charge is 0.469 e. The molecular formula is C36H41N5O8. The number of imidazole rings is 1. The third kappa shape index (κ3) is 8.85. The van der Waals surface area contributed by atoms with Crippen molar-refractivity contribution < 1.29 is 38.1 Å². The molecule has 1 saturated heterocycles. The molecule has 0 bridgehead atoms. The summed E-state index contributed by atoms with van der Waals surface area (Å²) in [5.41, 5.74) is 2.22. The van der Waals surface area contributed by atoms with E-state index in [2.05, 4.69) is 32.4 Å². The molecule has 1 N–H and O–H groups in total. The minimum Gasteiger partial charge on any atom is -0.469 e. The van der Waals surface area contributed by atoms with Crippen LogP contribution in [0.5, 0.6) is 0 Å². The molecule has 0 spiro atoms. The number of benzene rings is 2. The van der Waals surface area contributed by atoms with Gasteiger partial charge in [0.15, 0.2) is 35.4 Å². The predicted octanol–water partition coefficient (Wildman–Crippen LogP) is 5.07. The van der Waals surface area contributed by atoms with Crippen LogP contribution in [-0.2, 0) is 39.8 Å². The highest BCUT2D eigenvalue weighted by Crippen LogP contribution is 2.40. The Bertz CT molecular complexity index is 1750. The summed E-state index contributed by atoms with van der Waals surface area (Å²) >= 11 is 0. The molecule has 2 aromatic carbocycles. The molecule has 1 amide bonds. The van der Waals surface area contributed by atoms with Gasteiger partial charge < -0.3 is 24.3 Å². The van der Waals surface area contributed by atoms with Gasteiger partial charge in [-0.3, -0.25) is 23.7 Å². The minimum absolute atomic E-state index is 0.0498. The third-order valence-electron chi connectivity index (χ3n) is 8.65. The highest BCUT2D eigenvalue weighted by atomic mass is 16.6. The number of hydrogen-bond acceptors (Lipinski definition) is 11. The van der Waals surface area contributed by atoms with Crippen LogP contribution in [-0.4, -0.2) is 68.8 Å². The Hall–Kier alpha value is -5.17. The van der Waals surface area contributed by atoms with E-state index in [-0.39, 0.29) is 29.5 Å². The molecule has 5 rings (SSSR count). The number of ether oxygens (including phenoxy) is 4. The number of methoxy groups -OCH3 is 1. The quantitative estimate of drug-likeness (QED) is 0.141. The van der Waals surface area contributed by atoms with Gasteiger partial charge in [0.25, 0.3) is 5.91 Å². The average Bonchev–Trinajstić information content (AvgIpc) is 3.67. The number of aryl methyl sites for hydroxylation is 1. The van der Waals surface area contributed by atoms with Crippen molar-refractivity contribution in [1.82, 2.24) is 19.5 Å². The summed E-state index contributed by atoms with van der Waals surface area (Å²) < 4.78 is 24.8. The number of amides is 1. The topological polar surface area (TPSA) is 161 Å². The number of fused-ring (bicyclic) bond motifs is 1. The van der Waals surface area contributed by atoms with E-state index < -0.39 is 36.5 Å². The van der Waals surface area contributed by atoms with Gasteiger partial charge in [0.1, 0.15) is 12.4 Å². The smallest absolute Gasteiger partial charge is 0.308 e. The Morgan fingerprint density at radius 1 is 0.878 bits per heavy atom. The van der Waals surface area contributed by atoms with Gasteiger partial charge in [0, 0.05) is 19.4 Å². The van der Waals surface area contributed by atoms with Crippen LogP contribution in [0.4, 0.5) is 5.82 Å². The maximum atomic E-state index is 12.9. The lowest BCUT2D eigenvalue weighted by Gasteiger charge is -2.26. The zero-order chi connectivity index (χ0) is 34.9. The summed E-state index contributed by atoms with van der Waals surface area (Å²) in [5, 5.41) is 2.79. The fourth-order valence-electron chi connectivity index (χ4n) is 6.20. The molecule has 1 aliphatic rings. The van der Waals surface area contributed by atoms with E-state index >= 15 is 0 Å². The normalized spacial score (nSPS) is 19.9. The van der Waals surface area contributed by atoms with Crippen molar-refractivity contribution in [3.8, 4) is 0 Å². The molecule has 2 aromatic heterocycles. The number of carbonyl (C=O) groups excluding carboxylic acids is 4. The lowest BCUT2D eigenvalue weighted by molar-refractivity contribution is -0.165. The van der Waals surface area contributed by atoms with Crippen LogP contribution < -0.4 is 5.32 Å². The first kappa shape index (κ1) is 35.1. The van der Waals surface area contributed by atoms with Crippen molar-refractivity contribution in [2.24, 2.45) is 11.8 Å². The van der Waals surface area contributed by atoms with Gasteiger partial charge in [-0.2, -0.15) is 0 Å². The minimum atomic E-state index is -1.04. The molecule has 3 heterocycles. The second kappa shape index (κ2) is 16.3. The zero-order valence-corrected chi connectivity index (χ0v) is 28.0. The molecule has 258 valence electrons. The van der Waals surface area contributed by atoms with Gasteiger partial charge in [-0.15, -0.1) is 0 Å². The van der Waals surface area contributed by atoms with Gasteiger partial charge >= 0.3 is 17.9 Å². The maximum absolute atomic E-state index is 12.9. The number of hydrogen-bond donors (Lipinski definition) is 1. The summed E-state index contributed by atoms with van der Waals surface area (Å²) in [6, 6.07) is 18.8. The molecule has 0 aliphatic carbocycles. The molecule has 6 atom stereocenters. The van der Waals surface area contributed by atoms with E-state index in [4.69, 9.17) is 18.9 Å². The van der Waals surface area contributed by atoms with Gasteiger partial charge in [0.05, 0.1) is 19.4 Å². The average molecular weight is 672 g/mol. The van der Waals surface area contributed by atoms with Crippen LogP contribution in [0.2, 0.25) is 0 Å². The Morgan fingerprint density at radius 2 is 1.55 bits per heavy atom. The SMILES string of the molecule is COC(=O)[C@@H](C)CC[C@H](CCc1ccccc1)C[C@H]1O[C@@H](n2cnc3c(NC(=O)c4ccccc4)ncnc32)C(OC(C)=O)[C@H]1OC(C)=O. The van der Waals surface area contributed by atoms with E-state index in [1.165, 1.54) is 39.2 Å². The number of carbonyl (C=O) groups is 4. The number of aromatic nitrogens is 4. The van der Waals surface area contributed by atoms with Gasteiger partial charge in [0.2, 0.25) is 0 Å². The molecule has 1 unspecified atom stereocenters. The molecular weight excluding hydrogens is 630 g/mol. The third-order valence-corrected chi connectivity index (χ3v) is 8.65. The first-order valence-corrected chi connectivity index (χ1v) is 16.3. The Morgan fingerprint density at radius 3 is 2.22 bits per heavy atom. The molecule has 0 saturated carbocycles. The molecule has 49 heavy (non-hydrogen) atoms. The maximum Gasteiger partial charge on any atom is 0.308 e. The Balaban J connectivity index is 1.44. The van der Waals surface area contributed by atoms with E-state index in [0.717, 1.165) is 12.8 Å². The van der Waals surface area contributed by atoms with Crippen molar-refractivity contribution in [1.29, 1.82) is 0 Å². The van der Waals surface area contributed by atoms with Crippen LogP contribution in [0, 0.1) is 11.8 Å². The molecule has 13 heteroatoms. The fraction of sp³-hybridized carbons (Fsp3) is 0.417. The molecule has 1 fully saturated rings. The monoisotopic (exact) mass is 671 g/mol. The first-order valence-electron chi connectivity index (χ1n) is 16.3. The van der Waals surface area contributed by atoms with Crippen molar-refractivity contribution in [3.05, 3.63) is 84.4 Å². The summed E-state index contributed by atoms with van der Waals surface area (Å²) in [6.07, 6.45) is 2.43. The summed E-state index contributed by atoms with van der Waals surface area (Å²) in [7, 11) is 1.38. The van der Waals surface area contributed by atoms with Crippen LogP contribution >= 0.6 is 0 Å². The molecule has 13 nitrogen and oxygen atoms in total. The Kier molecular flexibility index (Phi) is 11.7. The Labute approximate surface area is 284 Å². The summed E-state index contributed by atoms with van der Waals surface area (Å²) in [4.78, 5) is 63.1. The highest BCUT2D eigenvalue weighted by molar-refractivity contribution is 6.06. The zero-order valence-electron chi connectivity index (χ0n) is 28.0. The fourth-order valence-corrected chi connectivity index (χ4v) is 6.20. The molecule has 0 radical (unpaired) electrons. The summed E-state index contributed by atoms with van der Waals surface area (Å²) in [5.74, 6) is -1.85. The van der Waals surface area contributed by atoms with Crippen LogP contribution in [0.3, 0.4) is 0 Å². The highest BCUT2D eigenvalue weighted by Gasteiger charge is 2.51. The van der Waals surface area contributed by atoms with Crippen molar-refractivity contribution in [3.63, 3.8) is 0 Å². The first-order chi connectivity index (χ1) is 23.6. The van der Waals surface area contributed by atoms with E-state index in [1.54, 1.807) is 28.8 Å². The van der Waals surface area contributed by atoms with Crippen molar-refractivity contribution in [2.75, 3.05) is 12.4 Å². The lowest BCUT2D eigenvalue weighted by Crippen LogP contribution is -2.39. The van der Waals surface area contributed by atoms with Gasteiger partial charge in [-0.05, 0) is 55.7 Å². The number of rotatable bonds is 14. The van der Waals surface area contributed by atoms with E-state index in [9.17, 15) is 19.2 Å². The van der Waals surface area contributed by atoms with Crippen molar-refractivity contribution in [2.45, 2.75) is 77.4 Å². The van der Waals surface area contributed by atoms with Crippen LogP contribution in [0.15, 0.2) is 73.3 Å². The number of anilines is 1. The van der Waals surface area contributed by atoms with E-state index in [1.807, 2.05) is 31.2 Å². The van der Waals surface area contributed by atoms with Crippen LogP contribution in [0.1, 0.15) is 68.6 Å². The number of nitrogens with one attached hydrogen (secondary N) is 1. The number of esters is 3. The number of nitrogens with zero attached hydrogens (tertiary/aromatic N) is 4. The van der Waals surface area contributed by atoms with E-state index in [0.29, 0.717) is 36.0 Å². The van der Waals surface area contributed by atoms with Gasteiger partial charge in [-0.25, -0.2) is 15.0 Å². The predicted molar refractivity (Wildman–Crippen MR) is 178 cm³/mol. The lowest BCUT2D eigenvalue weighted by atomic mass is 9.86. The second-order valence-electron chi connectivity index (χ2n) is 12.2. The van der Waals surface area contributed by atoms with Crippen LogP contribution in [0.25, 0.3) is 11.2 Å². The summed E-state index contributed by atoms with van der Waals surface area (Å²) in [6.45, 7) is 4.41. The van der Waals surface area contributed by atoms with Crippen molar-refractivity contribution >= 4 is 40.8 Å². The standard InChI is InChI=1S/C36H41N5O8/c1-22(36(45)46-4)15-16-26(18-17-25-11-7-5-8-12-25)19-28-30(47-23(2)42)31(48-24(3)43)35(49-28)41-21-39-29-32(37-20-38-33(29)41)40-34(44)27-13-9-6-10-14-27/h5-14,20-22,26,28,30-31,35H,15-19H2,1-4H3,(H,37,38,40,44)/t22-,26+,28+,30-,31?,35+/m0/s1. The molecule has 1 aliphatic heterocycles. The molecule has 4 aromatic rings. The van der Waals surface area contributed by atoms with Gasteiger partial charge in [-0.1, -0.05) is 55.5 Å².